The summed E-state index contributed by atoms with van der Waals surface area (Å²) in [4.78, 5) is 9.38. The summed E-state index contributed by atoms with van der Waals surface area (Å²) in [5.74, 6) is 2.93. The van der Waals surface area contributed by atoms with Crippen molar-refractivity contribution >= 4 is 0 Å². The number of aliphatic hydroxyl groups excluding tert-OH is 1. The van der Waals surface area contributed by atoms with Gasteiger partial charge in [-0.25, -0.2) is 4.98 Å². The van der Waals surface area contributed by atoms with Crippen LogP contribution in [0.5, 0.6) is 11.6 Å². The molecule has 188 valence electrons. The maximum Gasteiger partial charge on any atom is 0.258 e. The molecular formula is C27H36N4O4. The highest BCUT2D eigenvalue weighted by molar-refractivity contribution is 5.64. The van der Waals surface area contributed by atoms with Gasteiger partial charge in [-0.1, -0.05) is 24.9 Å². The molecule has 1 aromatic carbocycles. The lowest BCUT2D eigenvalue weighted by atomic mass is 10.0. The second kappa shape index (κ2) is 11.6. The second-order valence-corrected chi connectivity index (χ2v) is 9.19. The van der Waals surface area contributed by atoms with Crippen molar-refractivity contribution in [2.24, 2.45) is 0 Å². The third-order valence-corrected chi connectivity index (χ3v) is 6.48. The summed E-state index contributed by atoms with van der Waals surface area (Å²) in [5, 5.41) is 16.6. The van der Waals surface area contributed by atoms with Gasteiger partial charge in [-0.3, -0.25) is 5.32 Å². The van der Waals surface area contributed by atoms with Gasteiger partial charge in [-0.15, -0.1) is 0 Å². The molecule has 2 N–H and O–H groups in total. The molecule has 3 aromatic rings. The number of nitrogens with zero attached hydrogens (tertiary/aromatic N) is 3. The summed E-state index contributed by atoms with van der Waals surface area (Å²) in [6.45, 7) is 7.13. The maximum atomic E-state index is 9.32. The lowest BCUT2D eigenvalue weighted by molar-refractivity contribution is 0.153. The molecule has 1 saturated carbocycles. The monoisotopic (exact) mass is 480 g/mol. The maximum absolute atomic E-state index is 9.32. The van der Waals surface area contributed by atoms with Gasteiger partial charge in [0.2, 0.25) is 11.7 Å². The van der Waals surface area contributed by atoms with Gasteiger partial charge in [-0.05, 0) is 68.9 Å². The molecule has 0 spiro atoms. The Balaban J connectivity index is 1.54. The predicted octanol–water partition coefficient (Wildman–Crippen LogP) is 5.03. The van der Waals surface area contributed by atoms with E-state index in [9.17, 15) is 5.11 Å². The fraction of sp³-hybridized carbons (Fsp3) is 0.519. The Morgan fingerprint density at radius 3 is 2.66 bits per heavy atom. The van der Waals surface area contributed by atoms with E-state index in [1.54, 1.807) is 14.0 Å². The second-order valence-electron chi connectivity index (χ2n) is 9.19. The van der Waals surface area contributed by atoms with Crippen LogP contribution in [0, 0.1) is 6.92 Å². The largest absolute Gasteiger partial charge is 0.493 e. The predicted molar refractivity (Wildman–Crippen MR) is 135 cm³/mol. The summed E-state index contributed by atoms with van der Waals surface area (Å²) in [5.41, 5.74) is 4.89. The van der Waals surface area contributed by atoms with Crippen LogP contribution in [0.2, 0.25) is 0 Å². The van der Waals surface area contributed by atoms with Crippen molar-refractivity contribution in [3.63, 3.8) is 0 Å². The van der Waals surface area contributed by atoms with Crippen LogP contribution in [-0.4, -0.2) is 46.7 Å². The molecule has 1 fully saturated rings. The highest BCUT2D eigenvalue weighted by atomic mass is 16.5. The van der Waals surface area contributed by atoms with Crippen molar-refractivity contribution in [1.82, 2.24) is 20.4 Å². The summed E-state index contributed by atoms with van der Waals surface area (Å²) in [6.07, 6.45) is 5.90. The van der Waals surface area contributed by atoms with Crippen molar-refractivity contribution in [2.45, 2.75) is 71.4 Å². The van der Waals surface area contributed by atoms with E-state index in [4.69, 9.17) is 19.0 Å². The smallest absolute Gasteiger partial charge is 0.258 e. The molecule has 1 unspecified atom stereocenters. The summed E-state index contributed by atoms with van der Waals surface area (Å²) >= 11 is 0. The highest BCUT2D eigenvalue weighted by Crippen LogP contribution is 2.36. The number of hydrogen-bond acceptors (Lipinski definition) is 8. The zero-order valence-electron chi connectivity index (χ0n) is 21.1. The highest BCUT2D eigenvalue weighted by Gasteiger charge is 2.22. The fourth-order valence-corrected chi connectivity index (χ4v) is 4.65. The van der Waals surface area contributed by atoms with E-state index in [1.165, 1.54) is 12.8 Å². The topological polar surface area (TPSA) is 103 Å². The van der Waals surface area contributed by atoms with Crippen LogP contribution >= 0.6 is 0 Å². The summed E-state index contributed by atoms with van der Waals surface area (Å²) in [7, 11) is 1.63. The van der Waals surface area contributed by atoms with Gasteiger partial charge in [0.05, 0.1) is 13.7 Å². The molecular weight excluding hydrogens is 444 g/mol. The molecule has 1 atom stereocenters. The van der Waals surface area contributed by atoms with Gasteiger partial charge in [0.1, 0.15) is 12.0 Å². The number of aliphatic hydroxyl groups is 1. The van der Waals surface area contributed by atoms with Crippen molar-refractivity contribution in [3.05, 3.63) is 41.1 Å². The molecule has 0 amide bonds. The van der Waals surface area contributed by atoms with Crippen LogP contribution in [0.4, 0.5) is 0 Å². The van der Waals surface area contributed by atoms with Crippen LogP contribution in [-0.2, 0) is 6.42 Å². The first-order chi connectivity index (χ1) is 17.0. The van der Waals surface area contributed by atoms with E-state index < -0.39 is 6.23 Å². The van der Waals surface area contributed by atoms with E-state index in [0.29, 0.717) is 36.7 Å². The van der Waals surface area contributed by atoms with Crippen molar-refractivity contribution in [1.29, 1.82) is 0 Å². The Kier molecular flexibility index (Phi) is 8.36. The molecule has 4 rings (SSSR count). The number of hydrogen-bond donors (Lipinski definition) is 2. The number of aromatic nitrogens is 3. The van der Waals surface area contributed by atoms with E-state index in [1.807, 2.05) is 19.1 Å². The van der Waals surface area contributed by atoms with Gasteiger partial charge in [-0.2, -0.15) is 4.98 Å². The molecule has 0 aliphatic heterocycles. The molecule has 0 radical (unpaired) electrons. The van der Waals surface area contributed by atoms with E-state index in [0.717, 1.165) is 59.4 Å². The van der Waals surface area contributed by atoms with Gasteiger partial charge in [0, 0.05) is 35.3 Å². The van der Waals surface area contributed by atoms with E-state index in [-0.39, 0.29) is 0 Å². The lowest BCUT2D eigenvalue weighted by Gasteiger charge is -2.15. The van der Waals surface area contributed by atoms with Gasteiger partial charge in [0.15, 0.2) is 0 Å². The number of rotatable bonds is 11. The molecule has 1 aliphatic carbocycles. The van der Waals surface area contributed by atoms with Gasteiger partial charge >= 0.3 is 0 Å². The first-order valence-corrected chi connectivity index (χ1v) is 12.6. The van der Waals surface area contributed by atoms with Crippen LogP contribution in [0.15, 0.2) is 28.8 Å². The van der Waals surface area contributed by atoms with Crippen LogP contribution < -0.4 is 14.8 Å². The molecule has 0 saturated heterocycles. The molecule has 8 nitrogen and oxygen atoms in total. The zero-order chi connectivity index (χ0) is 24.8. The average molecular weight is 481 g/mol. The molecule has 1 aliphatic rings. The Labute approximate surface area is 207 Å². The number of nitrogens with one attached hydrogen (secondary N) is 1. The Hall–Kier alpha value is -2.97. The zero-order valence-corrected chi connectivity index (χ0v) is 21.1. The molecule has 0 bridgehead atoms. The quantitative estimate of drug-likeness (QED) is 0.291. The first-order valence-electron chi connectivity index (χ1n) is 12.6. The fourth-order valence-electron chi connectivity index (χ4n) is 4.65. The Morgan fingerprint density at radius 2 is 1.94 bits per heavy atom. The van der Waals surface area contributed by atoms with Crippen LogP contribution in [0.1, 0.15) is 68.7 Å². The normalized spacial score (nSPS) is 14.9. The third-order valence-electron chi connectivity index (χ3n) is 6.48. The SMILES string of the molecule is CCc1cc(-c2noc(-c3cc(OC)nc(C4CCCC4)c3)n2)cc(C)c1OCCCNC(C)O. The van der Waals surface area contributed by atoms with Crippen LogP contribution in [0.25, 0.3) is 22.8 Å². The van der Waals surface area contributed by atoms with E-state index in [2.05, 4.69) is 34.5 Å². The standard InChI is InChI=1S/C27H36N4O4/c1-5-19-14-21(13-17(2)25(19)34-12-8-11-28-18(3)32)26-30-27(35-31-26)22-15-23(20-9-6-7-10-20)29-24(16-22)33-4/h13-16,18,20,28,32H,5-12H2,1-4H3. The Morgan fingerprint density at radius 1 is 1.14 bits per heavy atom. The number of benzene rings is 1. The average Bonchev–Trinajstić information content (AvgIpc) is 3.57. The van der Waals surface area contributed by atoms with Crippen LogP contribution in [0.3, 0.4) is 0 Å². The van der Waals surface area contributed by atoms with E-state index >= 15 is 0 Å². The van der Waals surface area contributed by atoms with Crippen molar-refractivity contribution in [2.75, 3.05) is 20.3 Å². The lowest BCUT2D eigenvalue weighted by Crippen LogP contribution is -2.27. The Bertz CT molecular complexity index is 1120. The molecule has 35 heavy (non-hydrogen) atoms. The van der Waals surface area contributed by atoms with Gasteiger partial charge < -0.3 is 19.1 Å². The number of pyridine rings is 1. The minimum atomic E-state index is -0.510. The number of ether oxygens (including phenoxy) is 2. The summed E-state index contributed by atoms with van der Waals surface area (Å²) in [6, 6.07) is 8.01. The molecule has 2 aromatic heterocycles. The van der Waals surface area contributed by atoms with Crippen molar-refractivity contribution < 1.29 is 19.1 Å². The number of aryl methyl sites for hydroxylation is 2. The van der Waals surface area contributed by atoms with Crippen molar-refractivity contribution in [3.8, 4) is 34.5 Å². The molecule has 2 heterocycles. The number of methoxy groups -OCH3 is 1. The minimum absolute atomic E-state index is 0.455. The molecule has 8 heteroatoms. The summed E-state index contributed by atoms with van der Waals surface area (Å²) < 4.78 is 17.2. The van der Waals surface area contributed by atoms with Gasteiger partial charge in [0.25, 0.3) is 5.89 Å². The third kappa shape index (κ3) is 6.18. The first kappa shape index (κ1) is 25.1. The minimum Gasteiger partial charge on any atom is -0.493 e.